The van der Waals surface area contributed by atoms with Gasteiger partial charge in [-0.15, -0.1) is 0 Å². The van der Waals surface area contributed by atoms with E-state index in [1.807, 2.05) is 18.7 Å². The lowest BCUT2D eigenvalue weighted by Gasteiger charge is -2.41. The molecule has 2 fully saturated rings. The van der Waals surface area contributed by atoms with Gasteiger partial charge < -0.3 is 10.2 Å². The highest BCUT2D eigenvalue weighted by Crippen LogP contribution is 2.31. The Morgan fingerprint density at radius 3 is 2.53 bits per heavy atom. The summed E-state index contributed by atoms with van der Waals surface area (Å²) in [5.41, 5.74) is 0. The Bertz CT molecular complexity index is 356. The Hall–Kier alpha value is -1.06. The van der Waals surface area contributed by atoms with E-state index in [2.05, 4.69) is 12.2 Å². The minimum Gasteiger partial charge on any atom is -0.343 e. The SMILES string of the molecule is CCC1NC(=O)C(C)N(CC2CCCCC2C)C1=O. The van der Waals surface area contributed by atoms with Crippen molar-refractivity contribution in [3.05, 3.63) is 0 Å². The Labute approximate surface area is 115 Å². The normalized spacial score (nSPS) is 36.3. The van der Waals surface area contributed by atoms with Crippen LogP contribution < -0.4 is 5.32 Å². The monoisotopic (exact) mass is 266 g/mol. The predicted molar refractivity (Wildman–Crippen MR) is 74.5 cm³/mol. The van der Waals surface area contributed by atoms with Crippen LogP contribution in [0.15, 0.2) is 0 Å². The Morgan fingerprint density at radius 1 is 1.21 bits per heavy atom. The van der Waals surface area contributed by atoms with E-state index in [1.54, 1.807) is 0 Å². The standard InChI is InChI=1S/C15H26N2O2/c1-4-13-15(19)17(11(3)14(18)16-13)9-12-8-6-5-7-10(12)2/h10-13H,4-9H2,1-3H3,(H,16,18). The number of hydrogen-bond acceptors (Lipinski definition) is 2. The van der Waals surface area contributed by atoms with Gasteiger partial charge in [-0.05, 0) is 31.6 Å². The van der Waals surface area contributed by atoms with Crippen molar-refractivity contribution in [3.63, 3.8) is 0 Å². The molecule has 1 aliphatic carbocycles. The molecule has 4 nitrogen and oxygen atoms in total. The molecule has 2 amide bonds. The molecule has 0 radical (unpaired) electrons. The first-order valence-corrected chi connectivity index (χ1v) is 7.65. The van der Waals surface area contributed by atoms with Gasteiger partial charge in [-0.25, -0.2) is 0 Å². The molecule has 4 unspecified atom stereocenters. The summed E-state index contributed by atoms with van der Waals surface area (Å²) in [5.74, 6) is 1.32. The molecular weight excluding hydrogens is 240 g/mol. The van der Waals surface area contributed by atoms with Gasteiger partial charge in [0.05, 0.1) is 0 Å². The first kappa shape index (κ1) is 14.4. The van der Waals surface area contributed by atoms with Gasteiger partial charge in [0, 0.05) is 6.54 Å². The molecule has 0 aromatic heterocycles. The molecule has 4 heteroatoms. The number of hydrogen-bond donors (Lipinski definition) is 1. The minimum absolute atomic E-state index is 0.00471. The van der Waals surface area contributed by atoms with Crippen LogP contribution in [0, 0.1) is 11.8 Å². The Morgan fingerprint density at radius 2 is 1.89 bits per heavy atom. The average Bonchev–Trinajstić information content (AvgIpc) is 2.41. The van der Waals surface area contributed by atoms with Crippen molar-refractivity contribution in [2.45, 2.75) is 65.0 Å². The van der Waals surface area contributed by atoms with E-state index in [9.17, 15) is 9.59 Å². The van der Waals surface area contributed by atoms with Gasteiger partial charge in [-0.1, -0.05) is 33.1 Å². The van der Waals surface area contributed by atoms with Crippen LogP contribution in [0.5, 0.6) is 0 Å². The molecule has 2 aliphatic rings. The second-order valence-corrected chi connectivity index (χ2v) is 6.16. The minimum atomic E-state index is -0.317. The number of carbonyl (C=O) groups excluding carboxylic acids is 2. The summed E-state index contributed by atoms with van der Waals surface area (Å²) in [6, 6.07) is -0.632. The second kappa shape index (κ2) is 5.93. The van der Waals surface area contributed by atoms with Gasteiger partial charge >= 0.3 is 0 Å². The lowest BCUT2D eigenvalue weighted by molar-refractivity contribution is -0.149. The molecule has 2 rings (SSSR count). The van der Waals surface area contributed by atoms with Crippen LogP contribution in [-0.4, -0.2) is 35.3 Å². The fourth-order valence-corrected chi connectivity index (χ4v) is 3.33. The van der Waals surface area contributed by atoms with Crippen LogP contribution in [0.1, 0.15) is 52.9 Å². The Kier molecular flexibility index (Phi) is 4.48. The van der Waals surface area contributed by atoms with Gasteiger partial charge in [0.15, 0.2) is 0 Å². The molecule has 0 bridgehead atoms. The number of carbonyl (C=O) groups is 2. The highest BCUT2D eigenvalue weighted by molar-refractivity contribution is 5.96. The zero-order chi connectivity index (χ0) is 14.0. The van der Waals surface area contributed by atoms with E-state index in [-0.39, 0.29) is 23.9 Å². The summed E-state index contributed by atoms with van der Waals surface area (Å²) in [6.07, 6.45) is 5.68. The smallest absolute Gasteiger partial charge is 0.245 e. The number of nitrogens with one attached hydrogen (secondary N) is 1. The maximum absolute atomic E-state index is 12.4. The highest BCUT2D eigenvalue weighted by atomic mass is 16.2. The van der Waals surface area contributed by atoms with Crippen LogP contribution in [-0.2, 0) is 9.59 Å². The molecule has 19 heavy (non-hydrogen) atoms. The summed E-state index contributed by atoms with van der Waals surface area (Å²) in [5, 5.41) is 2.81. The summed E-state index contributed by atoms with van der Waals surface area (Å²) in [6.45, 7) is 6.82. The second-order valence-electron chi connectivity index (χ2n) is 6.16. The highest BCUT2D eigenvalue weighted by Gasteiger charge is 2.38. The van der Waals surface area contributed by atoms with Gasteiger partial charge in [0.2, 0.25) is 11.8 Å². The molecule has 1 heterocycles. The van der Waals surface area contributed by atoms with Crippen LogP contribution in [0.3, 0.4) is 0 Å². The van der Waals surface area contributed by atoms with E-state index >= 15 is 0 Å². The molecule has 1 saturated carbocycles. The maximum atomic E-state index is 12.4. The molecular formula is C15H26N2O2. The van der Waals surface area contributed by atoms with E-state index in [0.717, 1.165) is 6.54 Å². The van der Waals surface area contributed by atoms with Crippen LogP contribution in [0.4, 0.5) is 0 Å². The third-order valence-corrected chi connectivity index (χ3v) is 4.87. The third-order valence-electron chi connectivity index (χ3n) is 4.87. The van der Waals surface area contributed by atoms with Crippen molar-refractivity contribution in [2.75, 3.05) is 6.54 Å². The van der Waals surface area contributed by atoms with Gasteiger partial charge in [0.1, 0.15) is 12.1 Å². The van der Waals surface area contributed by atoms with Crippen molar-refractivity contribution in [2.24, 2.45) is 11.8 Å². The van der Waals surface area contributed by atoms with Gasteiger partial charge in [-0.3, -0.25) is 9.59 Å². The first-order valence-electron chi connectivity index (χ1n) is 7.65. The van der Waals surface area contributed by atoms with E-state index in [0.29, 0.717) is 18.3 Å². The summed E-state index contributed by atoms with van der Waals surface area (Å²) < 4.78 is 0. The van der Waals surface area contributed by atoms with Crippen molar-refractivity contribution >= 4 is 11.8 Å². The molecule has 108 valence electrons. The Balaban J connectivity index is 2.07. The van der Waals surface area contributed by atoms with E-state index in [4.69, 9.17) is 0 Å². The predicted octanol–water partition coefficient (Wildman–Crippen LogP) is 1.94. The summed E-state index contributed by atoms with van der Waals surface area (Å²) in [7, 11) is 0. The number of nitrogens with zero attached hydrogens (tertiary/aromatic N) is 1. The average molecular weight is 266 g/mol. The molecule has 0 aromatic carbocycles. The maximum Gasteiger partial charge on any atom is 0.245 e. The van der Waals surface area contributed by atoms with Crippen molar-refractivity contribution in [1.82, 2.24) is 10.2 Å². The molecule has 0 aromatic rings. The fraction of sp³-hybridized carbons (Fsp3) is 0.867. The van der Waals surface area contributed by atoms with E-state index in [1.165, 1.54) is 25.7 Å². The molecule has 1 aliphatic heterocycles. The molecule has 1 saturated heterocycles. The molecule has 0 spiro atoms. The summed E-state index contributed by atoms with van der Waals surface area (Å²) in [4.78, 5) is 26.2. The lowest BCUT2D eigenvalue weighted by atomic mass is 9.80. The number of piperazine rings is 1. The molecule has 1 N–H and O–H groups in total. The zero-order valence-electron chi connectivity index (χ0n) is 12.3. The van der Waals surface area contributed by atoms with Gasteiger partial charge in [0.25, 0.3) is 0 Å². The fourth-order valence-electron chi connectivity index (χ4n) is 3.33. The van der Waals surface area contributed by atoms with Crippen molar-refractivity contribution in [3.8, 4) is 0 Å². The topological polar surface area (TPSA) is 49.4 Å². The zero-order valence-corrected chi connectivity index (χ0v) is 12.3. The molecule has 4 atom stereocenters. The van der Waals surface area contributed by atoms with Crippen molar-refractivity contribution in [1.29, 1.82) is 0 Å². The van der Waals surface area contributed by atoms with Gasteiger partial charge in [-0.2, -0.15) is 0 Å². The van der Waals surface area contributed by atoms with Crippen molar-refractivity contribution < 1.29 is 9.59 Å². The summed E-state index contributed by atoms with van der Waals surface area (Å²) >= 11 is 0. The third kappa shape index (κ3) is 2.93. The number of amides is 2. The van der Waals surface area contributed by atoms with Crippen LogP contribution in [0.2, 0.25) is 0 Å². The van der Waals surface area contributed by atoms with E-state index < -0.39 is 0 Å². The van der Waals surface area contributed by atoms with Crippen LogP contribution in [0.25, 0.3) is 0 Å². The first-order chi connectivity index (χ1) is 9.04. The largest absolute Gasteiger partial charge is 0.343 e. The quantitative estimate of drug-likeness (QED) is 0.848. The van der Waals surface area contributed by atoms with Crippen LogP contribution >= 0.6 is 0 Å². The lowest BCUT2D eigenvalue weighted by Crippen LogP contribution is -2.63. The number of rotatable bonds is 3.